The van der Waals surface area contributed by atoms with Crippen LogP contribution in [0, 0.1) is 13.8 Å². The quantitative estimate of drug-likeness (QED) is 0.806. The van der Waals surface area contributed by atoms with Crippen molar-refractivity contribution >= 4 is 22.5 Å². The highest BCUT2D eigenvalue weighted by molar-refractivity contribution is 6.35. The van der Waals surface area contributed by atoms with Crippen LogP contribution in [0.4, 0.5) is 0 Å². The summed E-state index contributed by atoms with van der Waals surface area (Å²) in [6.07, 6.45) is 0.894. The highest BCUT2D eigenvalue weighted by Gasteiger charge is 2.10. The number of halogens is 1. The van der Waals surface area contributed by atoms with Gasteiger partial charge in [0.2, 0.25) is 0 Å². The molecular weight excluding hydrogens is 208 g/mol. The molecule has 0 saturated carbocycles. The SMILES string of the molecule is Cc1cc(Cl)c2[nH]c(C)c(CCN)c2c1. The van der Waals surface area contributed by atoms with Gasteiger partial charge >= 0.3 is 0 Å². The molecule has 3 heteroatoms. The highest BCUT2D eigenvalue weighted by Crippen LogP contribution is 2.29. The Hall–Kier alpha value is -0.990. The molecule has 1 heterocycles. The molecule has 80 valence electrons. The smallest absolute Gasteiger partial charge is 0.0649 e. The normalized spacial score (nSPS) is 11.2. The van der Waals surface area contributed by atoms with Gasteiger partial charge in [-0.15, -0.1) is 0 Å². The molecular formula is C12H15ClN2. The second kappa shape index (κ2) is 3.87. The van der Waals surface area contributed by atoms with Gasteiger partial charge in [0.1, 0.15) is 0 Å². The van der Waals surface area contributed by atoms with Crippen molar-refractivity contribution in [3.05, 3.63) is 34.0 Å². The van der Waals surface area contributed by atoms with Gasteiger partial charge in [0.05, 0.1) is 10.5 Å². The maximum Gasteiger partial charge on any atom is 0.0649 e. The number of nitrogens with two attached hydrogens (primary N) is 1. The summed E-state index contributed by atoms with van der Waals surface area (Å²) in [5, 5.41) is 2.00. The Morgan fingerprint density at radius 3 is 2.73 bits per heavy atom. The van der Waals surface area contributed by atoms with E-state index in [1.165, 1.54) is 22.2 Å². The van der Waals surface area contributed by atoms with Gasteiger partial charge in [0.25, 0.3) is 0 Å². The summed E-state index contributed by atoms with van der Waals surface area (Å²) < 4.78 is 0. The van der Waals surface area contributed by atoms with E-state index in [4.69, 9.17) is 17.3 Å². The van der Waals surface area contributed by atoms with Gasteiger partial charge < -0.3 is 10.7 Å². The van der Waals surface area contributed by atoms with Crippen LogP contribution >= 0.6 is 11.6 Å². The standard InChI is InChI=1S/C12H15ClN2/c1-7-5-10-9(3-4-14)8(2)15-12(10)11(13)6-7/h5-6,15H,3-4,14H2,1-2H3. The van der Waals surface area contributed by atoms with Crippen LogP contribution < -0.4 is 5.73 Å². The third kappa shape index (κ3) is 1.75. The van der Waals surface area contributed by atoms with E-state index < -0.39 is 0 Å². The van der Waals surface area contributed by atoms with Crippen molar-refractivity contribution in [2.75, 3.05) is 6.54 Å². The Morgan fingerprint density at radius 1 is 1.33 bits per heavy atom. The summed E-state index contributed by atoms with van der Waals surface area (Å²) >= 11 is 6.19. The fourth-order valence-electron chi connectivity index (χ4n) is 2.04. The fourth-order valence-corrected chi connectivity index (χ4v) is 2.36. The van der Waals surface area contributed by atoms with Crippen molar-refractivity contribution in [1.29, 1.82) is 0 Å². The lowest BCUT2D eigenvalue weighted by molar-refractivity contribution is 0.963. The van der Waals surface area contributed by atoms with Gasteiger partial charge in [-0.1, -0.05) is 11.6 Å². The molecule has 2 aromatic rings. The van der Waals surface area contributed by atoms with E-state index in [0.717, 1.165) is 17.0 Å². The predicted molar refractivity (Wildman–Crippen MR) is 65.5 cm³/mol. The summed E-state index contributed by atoms with van der Waals surface area (Å²) in [6.45, 7) is 4.79. The molecule has 1 aromatic heterocycles. The largest absolute Gasteiger partial charge is 0.357 e. The zero-order valence-corrected chi connectivity index (χ0v) is 9.78. The topological polar surface area (TPSA) is 41.8 Å². The second-order valence-corrected chi connectivity index (χ2v) is 4.34. The van der Waals surface area contributed by atoms with Crippen LogP contribution in [0.1, 0.15) is 16.8 Å². The third-order valence-corrected chi connectivity index (χ3v) is 3.02. The van der Waals surface area contributed by atoms with E-state index in [-0.39, 0.29) is 0 Å². The monoisotopic (exact) mass is 222 g/mol. The number of benzene rings is 1. The van der Waals surface area contributed by atoms with Gasteiger partial charge in [-0.3, -0.25) is 0 Å². The average molecular weight is 223 g/mol. The highest BCUT2D eigenvalue weighted by atomic mass is 35.5. The molecule has 3 N–H and O–H groups in total. The zero-order chi connectivity index (χ0) is 11.0. The molecule has 2 nitrogen and oxygen atoms in total. The molecule has 0 radical (unpaired) electrons. The molecule has 0 bridgehead atoms. The first-order valence-electron chi connectivity index (χ1n) is 5.11. The predicted octanol–water partition coefficient (Wildman–Crippen LogP) is 2.94. The Kier molecular flexibility index (Phi) is 2.72. The number of nitrogens with one attached hydrogen (secondary N) is 1. The van der Waals surface area contributed by atoms with Crippen LogP contribution in [-0.4, -0.2) is 11.5 Å². The van der Waals surface area contributed by atoms with Gasteiger partial charge in [-0.2, -0.15) is 0 Å². The first kappa shape index (κ1) is 10.5. The number of fused-ring (bicyclic) bond motifs is 1. The Balaban J connectivity index is 2.74. The van der Waals surface area contributed by atoms with Crippen molar-refractivity contribution in [2.45, 2.75) is 20.3 Å². The molecule has 0 amide bonds. The van der Waals surface area contributed by atoms with Crippen LogP contribution in [0.15, 0.2) is 12.1 Å². The second-order valence-electron chi connectivity index (χ2n) is 3.94. The van der Waals surface area contributed by atoms with Gasteiger partial charge in [0.15, 0.2) is 0 Å². The van der Waals surface area contributed by atoms with Crippen molar-refractivity contribution in [2.24, 2.45) is 5.73 Å². The molecule has 0 spiro atoms. The van der Waals surface area contributed by atoms with Crippen LogP contribution in [-0.2, 0) is 6.42 Å². The first-order valence-corrected chi connectivity index (χ1v) is 5.48. The Bertz CT molecular complexity index is 500. The summed E-state index contributed by atoms with van der Waals surface area (Å²) in [5.41, 5.74) is 10.3. The maximum atomic E-state index is 6.19. The number of H-pyrrole nitrogens is 1. The molecule has 0 saturated heterocycles. The number of hydrogen-bond acceptors (Lipinski definition) is 1. The van der Waals surface area contributed by atoms with Crippen molar-refractivity contribution in [1.82, 2.24) is 4.98 Å². The minimum absolute atomic E-state index is 0.666. The van der Waals surface area contributed by atoms with E-state index >= 15 is 0 Å². The number of aryl methyl sites for hydroxylation is 2. The van der Waals surface area contributed by atoms with Gasteiger partial charge in [-0.05, 0) is 50.1 Å². The molecule has 0 fully saturated rings. The van der Waals surface area contributed by atoms with Crippen molar-refractivity contribution in [3.63, 3.8) is 0 Å². The van der Waals surface area contributed by atoms with Crippen LogP contribution in [0.3, 0.4) is 0 Å². The first-order chi connectivity index (χ1) is 7.13. The Labute approximate surface area is 94.4 Å². The van der Waals surface area contributed by atoms with E-state index in [2.05, 4.69) is 24.9 Å². The summed E-state index contributed by atoms with van der Waals surface area (Å²) in [7, 11) is 0. The van der Waals surface area contributed by atoms with Gasteiger partial charge in [-0.25, -0.2) is 0 Å². The summed E-state index contributed by atoms with van der Waals surface area (Å²) in [6, 6.07) is 4.14. The number of aromatic nitrogens is 1. The maximum absolute atomic E-state index is 6.19. The third-order valence-electron chi connectivity index (χ3n) is 2.72. The summed E-state index contributed by atoms with van der Waals surface area (Å²) in [5.74, 6) is 0. The number of rotatable bonds is 2. The van der Waals surface area contributed by atoms with Crippen molar-refractivity contribution < 1.29 is 0 Å². The molecule has 0 atom stereocenters. The minimum Gasteiger partial charge on any atom is -0.357 e. The van der Waals surface area contributed by atoms with E-state index in [0.29, 0.717) is 6.54 Å². The van der Waals surface area contributed by atoms with Crippen LogP contribution in [0.5, 0.6) is 0 Å². The molecule has 0 aliphatic carbocycles. The summed E-state index contributed by atoms with van der Waals surface area (Å²) in [4.78, 5) is 3.32. The number of hydrogen-bond donors (Lipinski definition) is 2. The van der Waals surface area contributed by atoms with E-state index in [9.17, 15) is 0 Å². The average Bonchev–Trinajstić information content (AvgIpc) is 2.46. The lowest BCUT2D eigenvalue weighted by atomic mass is 10.1. The molecule has 15 heavy (non-hydrogen) atoms. The zero-order valence-electron chi connectivity index (χ0n) is 9.02. The lowest BCUT2D eigenvalue weighted by Crippen LogP contribution is -2.03. The van der Waals surface area contributed by atoms with Crippen LogP contribution in [0.2, 0.25) is 5.02 Å². The molecule has 0 unspecified atom stereocenters. The molecule has 2 rings (SSSR count). The molecule has 0 aliphatic heterocycles. The van der Waals surface area contributed by atoms with Crippen LogP contribution in [0.25, 0.3) is 10.9 Å². The minimum atomic E-state index is 0.666. The van der Waals surface area contributed by atoms with E-state index in [1.54, 1.807) is 0 Å². The van der Waals surface area contributed by atoms with Gasteiger partial charge in [0, 0.05) is 11.1 Å². The number of aromatic amines is 1. The fraction of sp³-hybridized carbons (Fsp3) is 0.333. The Morgan fingerprint density at radius 2 is 2.07 bits per heavy atom. The van der Waals surface area contributed by atoms with E-state index in [1.807, 2.05) is 6.07 Å². The lowest BCUT2D eigenvalue weighted by Gasteiger charge is -2.00. The molecule has 1 aromatic carbocycles. The van der Waals surface area contributed by atoms with Crippen molar-refractivity contribution in [3.8, 4) is 0 Å². The molecule has 0 aliphatic rings.